The maximum Gasteiger partial charge on any atom is 0.222 e. The zero-order valence-corrected chi connectivity index (χ0v) is 16.1. The predicted molar refractivity (Wildman–Crippen MR) is 105 cm³/mol. The molecule has 0 aliphatic carbocycles. The molecule has 1 fully saturated rings. The quantitative estimate of drug-likeness (QED) is 0.381. The summed E-state index contributed by atoms with van der Waals surface area (Å²) in [5.74, 6) is 2.14. The average molecular weight is 363 g/mol. The number of furan rings is 1. The van der Waals surface area contributed by atoms with Crippen LogP contribution in [-0.4, -0.2) is 49.5 Å². The van der Waals surface area contributed by atoms with Crippen LogP contribution in [0.4, 0.5) is 0 Å². The Hall–Kier alpha value is -1.98. The topological polar surface area (TPSA) is 69.9 Å². The molecule has 26 heavy (non-hydrogen) atoms. The monoisotopic (exact) mass is 362 g/mol. The van der Waals surface area contributed by atoms with Gasteiger partial charge < -0.3 is 20.0 Å². The summed E-state index contributed by atoms with van der Waals surface area (Å²) in [6.45, 7) is 6.35. The average Bonchev–Trinajstić information content (AvgIpc) is 3.07. The number of nitrogens with one attached hydrogen (secondary N) is 2. The summed E-state index contributed by atoms with van der Waals surface area (Å²) in [4.78, 5) is 18.7. The van der Waals surface area contributed by atoms with Crippen LogP contribution in [0.2, 0.25) is 0 Å². The highest BCUT2D eigenvalue weighted by atomic mass is 16.3. The molecule has 1 aliphatic heterocycles. The molecule has 0 unspecified atom stereocenters. The molecule has 1 aromatic heterocycles. The zero-order chi connectivity index (χ0) is 18.5. The lowest BCUT2D eigenvalue weighted by molar-refractivity contribution is -0.130. The largest absolute Gasteiger partial charge is 0.469 e. The van der Waals surface area contributed by atoms with Crippen molar-refractivity contribution in [2.24, 2.45) is 4.99 Å². The van der Waals surface area contributed by atoms with E-state index in [-0.39, 0.29) is 0 Å². The molecule has 6 nitrogen and oxygen atoms in total. The van der Waals surface area contributed by atoms with Gasteiger partial charge in [-0.05, 0) is 37.8 Å². The number of hydrogen-bond acceptors (Lipinski definition) is 3. The van der Waals surface area contributed by atoms with Crippen molar-refractivity contribution in [3.63, 3.8) is 0 Å². The lowest BCUT2D eigenvalue weighted by atomic mass is 10.2. The minimum Gasteiger partial charge on any atom is -0.469 e. The minimum atomic E-state index is 0.310. The van der Waals surface area contributed by atoms with Crippen LogP contribution in [0.5, 0.6) is 0 Å². The molecule has 2 heterocycles. The first-order chi connectivity index (χ1) is 12.8. The Morgan fingerprint density at radius 2 is 2.12 bits per heavy atom. The fourth-order valence-electron chi connectivity index (χ4n) is 3.04. The van der Waals surface area contributed by atoms with Gasteiger partial charge in [0, 0.05) is 45.6 Å². The van der Waals surface area contributed by atoms with Crippen LogP contribution < -0.4 is 10.6 Å². The summed E-state index contributed by atoms with van der Waals surface area (Å²) in [7, 11) is 0. The number of guanidine groups is 1. The van der Waals surface area contributed by atoms with Crippen molar-refractivity contribution in [1.29, 1.82) is 0 Å². The Morgan fingerprint density at radius 3 is 2.92 bits per heavy atom. The third kappa shape index (κ3) is 7.93. The second kappa shape index (κ2) is 12.4. The van der Waals surface area contributed by atoms with Gasteiger partial charge in [-0.2, -0.15) is 0 Å². The van der Waals surface area contributed by atoms with Gasteiger partial charge in [-0.25, -0.2) is 0 Å². The standard InChI is InChI=1S/C20H34N4O2/c1-2-3-12-21-20(23-14-11-18-9-7-17-26-18)22-13-8-16-24-15-6-4-5-10-19(24)25/h7,9,17H,2-6,8,10-16H2,1H3,(H2,21,22,23). The Kier molecular flexibility index (Phi) is 9.69. The van der Waals surface area contributed by atoms with E-state index >= 15 is 0 Å². The number of amides is 1. The van der Waals surface area contributed by atoms with E-state index in [0.717, 1.165) is 83.0 Å². The molecule has 1 saturated heterocycles. The molecule has 2 rings (SSSR count). The van der Waals surface area contributed by atoms with Crippen molar-refractivity contribution in [2.45, 2.75) is 58.3 Å². The lowest BCUT2D eigenvalue weighted by Gasteiger charge is -2.20. The molecular weight excluding hydrogens is 328 g/mol. The van der Waals surface area contributed by atoms with Gasteiger partial charge in [0.15, 0.2) is 5.96 Å². The first kappa shape index (κ1) is 20.3. The molecule has 1 aromatic rings. The number of carbonyl (C=O) groups excluding carboxylic acids is 1. The van der Waals surface area contributed by atoms with Crippen LogP contribution in [0.3, 0.4) is 0 Å². The normalized spacial score (nSPS) is 15.8. The summed E-state index contributed by atoms with van der Waals surface area (Å²) in [5, 5.41) is 6.76. The van der Waals surface area contributed by atoms with Gasteiger partial charge in [0.25, 0.3) is 0 Å². The lowest BCUT2D eigenvalue weighted by Crippen LogP contribution is -2.39. The van der Waals surface area contributed by atoms with Gasteiger partial charge in [0.1, 0.15) is 5.76 Å². The summed E-state index contributed by atoms with van der Waals surface area (Å²) in [6, 6.07) is 3.90. The molecule has 0 spiro atoms. The highest BCUT2D eigenvalue weighted by Gasteiger charge is 2.15. The molecule has 146 valence electrons. The van der Waals surface area contributed by atoms with E-state index < -0.39 is 0 Å². The van der Waals surface area contributed by atoms with Crippen molar-refractivity contribution in [2.75, 3.05) is 32.7 Å². The van der Waals surface area contributed by atoms with Gasteiger partial charge in [-0.1, -0.05) is 19.8 Å². The zero-order valence-electron chi connectivity index (χ0n) is 16.1. The second-order valence-corrected chi connectivity index (χ2v) is 6.81. The smallest absolute Gasteiger partial charge is 0.222 e. The van der Waals surface area contributed by atoms with E-state index in [9.17, 15) is 4.79 Å². The Labute approximate surface area is 157 Å². The SMILES string of the molecule is CCCCNC(=NCCCN1CCCCCC1=O)NCCc1ccco1. The van der Waals surface area contributed by atoms with E-state index in [4.69, 9.17) is 4.42 Å². The molecule has 2 N–H and O–H groups in total. The summed E-state index contributed by atoms with van der Waals surface area (Å²) in [5.41, 5.74) is 0. The highest BCUT2D eigenvalue weighted by molar-refractivity contribution is 5.79. The number of hydrogen-bond donors (Lipinski definition) is 2. The summed E-state index contributed by atoms with van der Waals surface area (Å²) < 4.78 is 5.36. The molecule has 6 heteroatoms. The van der Waals surface area contributed by atoms with Crippen molar-refractivity contribution >= 4 is 11.9 Å². The van der Waals surface area contributed by atoms with E-state index in [0.29, 0.717) is 12.3 Å². The van der Waals surface area contributed by atoms with Crippen LogP contribution in [0.15, 0.2) is 27.8 Å². The highest BCUT2D eigenvalue weighted by Crippen LogP contribution is 2.11. The molecule has 0 radical (unpaired) electrons. The first-order valence-electron chi connectivity index (χ1n) is 10.1. The molecule has 1 amide bonds. The molecule has 0 bridgehead atoms. The summed E-state index contributed by atoms with van der Waals surface area (Å²) >= 11 is 0. The number of unbranched alkanes of at least 4 members (excludes halogenated alkanes) is 1. The van der Waals surface area contributed by atoms with E-state index in [1.54, 1.807) is 6.26 Å². The fraction of sp³-hybridized carbons (Fsp3) is 0.700. The van der Waals surface area contributed by atoms with E-state index in [1.807, 2.05) is 17.0 Å². The van der Waals surface area contributed by atoms with Gasteiger partial charge in [-0.3, -0.25) is 9.79 Å². The van der Waals surface area contributed by atoms with E-state index in [2.05, 4.69) is 22.5 Å². The maximum atomic E-state index is 12.0. The molecule has 0 aromatic carbocycles. The Morgan fingerprint density at radius 1 is 1.23 bits per heavy atom. The van der Waals surface area contributed by atoms with Gasteiger partial charge in [0.05, 0.1) is 6.26 Å². The van der Waals surface area contributed by atoms with Crippen LogP contribution in [0, 0.1) is 0 Å². The molecule has 1 aliphatic rings. The van der Waals surface area contributed by atoms with Crippen LogP contribution in [-0.2, 0) is 11.2 Å². The van der Waals surface area contributed by atoms with Crippen molar-refractivity contribution in [1.82, 2.24) is 15.5 Å². The second-order valence-electron chi connectivity index (χ2n) is 6.81. The van der Waals surface area contributed by atoms with Crippen LogP contribution in [0.1, 0.15) is 57.6 Å². The van der Waals surface area contributed by atoms with Gasteiger partial charge in [-0.15, -0.1) is 0 Å². The maximum absolute atomic E-state index is 12.0. The van der Waals surface area contributed by atoms with Crippen LogP contribution in [0.25, 0.3) is 0 Å². The predicted octanol–water partition coefficient (Wildman–Crippen LogP) is 2.95. The molecular formula is C20H34N4O2. The van der Waals surface area contributed by atoms with Gasteiger partial charge in [0.2, 0.25) is 5.91 Å². The number of nitrogens with zero attached hydrogens (tertiary/aromatic N) is 2. The number of carbonyl (C=O) groups is 1. The summed E-state index contributed by atoms with van der Waals surface area (Å²) in [6.07, 6.45) is 9.78. The van der Waals surface area contributed by atoms with Crippen molar-refractivity contribution in [3.05, 3.63) is 24.2 Å². The third-order valence-corrected chi connectivity index (χ3v) is 4.59. The number of likely N-dealkylation sites (tertiary alicyclic amines) is 1. The molecule has 0 atom stereocenters. The van der Waals surface area contributed by atoms with Crippen molar-refractivity contribution in [3.8, 4) is 0 Å². The third-order valence-electron chi connectivity index (χ3n) is 4.59. The fourth-order valence-corrected chi connectivity index (χ4v) is 3.04. The molecule has 0 saturated carbocycles. The first-order valence-corrected chi connectivity index (χ1v) is 10.1. The number of rotatable bonds is 10. The van der Waals surface area contributed by atoms with Crippen molar-refractivity contribution < 1.29 is 9.21 Å². The number of aliphatic imine (C=N–C) groups is 1. The Balaban J connectivity index is 1.72. The van der Waals surface area contributed by atoms with Crippen LogP contribution >= 0.6 is 0 Å². The Bertz CT molecular complexity index is 528. The van der Waals surface area contributed by atoms with Gasteiger partial charge >= 0.3 is 0 Å². The van der Waals surface area contributed by atoms with E-state index in [1.165, 1.54) is 6.42 Å². The minimum absolute atomic E-state index is 0.310.